The molecule has 1 amide bonds. The summed E-state index contributed by atoms with van der Waals surface area (Å²) >= 11 is 0. The highest BCUT2D eigenvalue weighted by molar-refractivity contribution is 5.96. The molecule has 7 heteroatoms. The van der Waals surface area contributed by atoms with Crippen molar-refractivity contribution in [2.75, 3.05) is 0 Å². The van der Waals surface area contributed by atoms with Gasteiger partial charge in [0.05, 0.1) is 0 Å². The minimum atomic E-state index is -1.04. The quantitative estimate of drug-likeness (QED) is 0.846. The minimum absolute atomic E-state index is 0.166. The second-order valence-corrected chi connectivity index (χ2v) is 5.70. The Hall–Kier alpha value is -2.70. The van der Waals surface area contributed by atoms with Crippen molar-refractivity contribution in [2.45, 2.75) is 33.2 Å². The first-order valence-electron chi connectivity index (χ1n) is 7.31. The Bertz CT molecular complexity index is 692. The van der Waals surface area contributed by atoms with E-state index in [0.29, 0.717) is 29.3 Å². The molecule has 23 heavy (non-hydrogen) atoms. The zero-order chi connectivity index (χ0) is 17.0. The predicted octanol–water partition coefficient (Wildman–Crippen LogP) is 2.27. The lowest BCUT2D eigenvalue weighted by Gasteiger charge is -2.16. The fourth-order valence-electron chi connectivity index (χ4n) is 2.11. The van der Waals surface area contributed by atoms with E-state index in [9.17, 15) is 14.7 Å². The van der Waals surface area contributed by atoms with E-state index in [4.69, 9.17) is 4.42 Å². The predicted molar refractivity (Wildman–Crippen MR) is 82.8 cm³/mol. The van der Waals surface area contributed by atoms with Crippen LogP contribution in [-0.4, -0.2) is 33.2 Å². The summed E-state index contributed by atoms with van der Waals surface area (Å²) < 4.78 is 5.31. The van der Waals surface area contributed by atoms with Gasteiger partial charge in [0.1, 0.15) is 6.04 Å². The number of rotatable bonds is 6. The first-order chi connectivity index (χ1) is 10.9. The van der Waals surface area contributed by atoms with Crippen molar-refractivity contribution in [3.05, 3.63) is 35.7 Å². The van der Waals surface area contributed by atoms with Gasteiger partial charge in [-0.05, 0) is 36.6 Å². The SMILES string of the molecule is Cc1nnc(-c2ccc(C(=O)NC(CC(C)C)C(=O)O)cc2)o1. The molecule has 0 aliphatic carbocycles. The third-order valence-electron chi connectivity index (χ3n) is 3.23. The molecule has 0 aliphatic rings. The number of hydrogen-bond donors (Lipinski definition) is 2. The summed E-state index contributed by atoms with van der Waals surface area (Å²) in [5.41, 5.74) is 1.07. The Morgan fingerprint density at radius 2 is 1.87 bits per heavy atom. The third kappa shape index (κ3) is 4.38. The normalized spacial score (nSPS) is 12.2. The number of carboxylic acids is 1. The van der Waals surface area contributed by atoms with Crippen LogP contribution in [0.3, 0.4) is 0 Å². The lowest BCUT2D eigenvalue weighted by molar-refractivity contribution is -0.139. The van der Waals surface area contributed by atoms with Gasteiger partial charge in [0.25, 0.3) is 5.91 Å². The zero-order valence-electron chi connectivity index (χ0n) is 13.2. The van der Waals surface area contributed by atoms with Crippen LogP contribution in [0, 0.1) is 12.8 Å². The Labute approximate surface area is 133 Å². The van der Waals surface area contributed by atoms with Crippen LogP contribution in [0.15, 0.2) is 28.7 Å². The number of nitrogens with one attached hydrogen (secondary N) is 1. The van der Waals surface area contributed by atoms with E-state index >= 15 is 0 Å². The van der Waals surface area contributed by atoms with Gasteiger partial charge in [0, 0.05) is 18.1 Å². The second-order valence-electron chi connectivity index (χ2n) is 5.70. The Morgan fingerprint density at radius 1 is 1.22 bits per heavy atom. The maximum absolute atomic E-state index is 12.2. The van der Waals surface area contributed by atoms with Crippen LogP contribution in [0.4, 0.5) is 0 Å². The molecule has 1 heterocycles. The van der Waals surface area contributed by atoms with Crippen LogP contribution in [0.2, 0.25) is 0 Å². The number of aromatic nitrogens is 2. The van der Waals surface area contributed by atoms with Crippen molar-refractivity contribution < 1.29 is 19.1 Å². The molecule has 0 spiro atoms. The van der Waals surface area contributed by atoms with Gasteiger partial charge >= 0.3 is 5.97 Å². The molecule has 1 unspecified atom stereocenters. The third-order valence-corrected chi connectivity index (χ3v) is 3.23. The molecule has 0 saturated carbocycles. The molecule has 2 rings (SSSR count). The largest absolute Gasteiger partial charge is 0.480 e. The van der Waals surface area contributed by atoms with E-state index in [2.05, 4.69) is 15.5 Å². The minimum Gasteiger partial charge on any atom is -0.480 e. The molecule has 0 fully saturated rings. The molecule has 1 atom stereocenters. The van der Waals surface area contributed by atoms with Crippen LogP contribution in [0.1, 0.15) is 36.5 Å². The average molecular weight is 317 g/mol. The number of carboxylic acid groups (broad SMARTS) is 1. The molecule has 2 N–H and O–H groups in total. The fraction of sp³-hybridized carbons (Fsp3) is 0.375. The van der Waals surface area contributed by atoms with Crippen molar-refractivity contribution in [2.24, 2.45) is 5.92 Å². The summed E-state index contributed by atoms with van der Waals surface area (Å²) in [6, 6.07) is 5.65. The Kier molecular flexibility index (Phi) is 5.10. The number of carbonyl (C=O) groups is 2. The summed E-state index contributed by atoms with van der Waals surface area (Å²) in [5, 5.41) is 19.4. The highest BCUT2D eigenvalue weighted by Gasteiger charge is 2.21. The van der Waals surface area contributed by atoms with E-state index in [1.165, 1.54) is 0 Å². The number of benzene rings is 1. The van der Waals surface area contributed by atoms with Crippen molar-refractivity contribution in [3.8, 4) is 11.5 Å². The Balaban J connectivity index is 2.09. The van der Waals surface area contributed by atoms with Gasteiger partial charge in [-0.3, -0.25) is 4.79 Å². The van der Waals surface area contributed by atoms with Crippen molar-refractivity contribution in [1.82, 2.24) is 15.5 Å². The standard InChI is InChI=1S/C16H19N3O4/c1-9(2)8-13(16(21)22)17-14(20)11-4-6-12(7-5-11)15-19-18-10(3)23-15/h4-7,9,13H,8H2,1-3H3,(H,17,20)(H,21,22). The molecule has 1 aromatic carbocycles. The van der Waals surface area contributed by atoms with Gasteiger partial charge in [0.15, 0.2) is 0 Å². The van der Waals surface area contributed by atoms with Crippen LogP contribution in [0.25, 0.3) is 11.5 Å². The summed E-state index contributed by atoms with van der Waals surface area (Å²) in [5.74, 6) is -0.464. The van der Waals surface area contributed by atoms with E-state index in [-0.39, 0.29) is 5.92 Å². The number of hydrogen-bond acceptors (Lipinski definition) is 5. The van der Waals surface area contributed by atoms with E-state index in [1.54, 1.807) is 31.2 Å². The smallest absolute Gasteiger partial charge is 0.326 e. The van der Waals surface area contributed by atoms with Gasteiger partial charge < -0.3 is 14.8 Å². The topological polar surface area (TPSA) is 105 Å². The molecule has 7 nitrogen and oxygen atoms in total. The zero-order valence-corrected chi connectivity index (χ0v) is 13.2. The van der Waals surface area contributed by atoms with Gasteiger partial charge in [-0.15, -0.1) is 10.2 Å². The molecule has 0 saturated heterocycles. The number of carbonyl (C=O) groups excluding carboxylic acids is 1. The van der Waals surface area contributed by atoms with Gasteiger partial charge in [-0.25, -0.2) is 4.79 Å². The van der Waals surface area contributed by atoms with Gasteiger partial charge in [-0.1, -0.05) is 13.8 Å². The first-order valence-corrected chi connectivity index (χ1v) is 7.31. The van der Waals surface area contributed by atoms with E-state index < -0.39 is 17.9 Å². The van der Waals surface area contributed by atoms with Crippen molar-refractivity contribution >= 4 is 11.9 Å². The van der Waals surface area contributed by atoms with Crippen molar-refractivity contribution in [3.63, 3.8) is 0 Å². The maximum Gasteiger partial charge on any atom is 0.326 e. The van der Waals surface area contributed by atoms with E-state index in [0.717, 1.165) is 0 Å². The highest BCUT2D eigenvalue weighted by atomic mass is 16.4. The molecule has 1 aromatic heterocycles. The van der Waals surface area contributed by atoms with Crippen LogP contribution >= 0.6 is 0 Å². The van der Waals surface area contributed by atoms with Crippen LogP contribution in [0.5, 0.6) is 0 Å². The molecular formula is C16H19N3O4. The molecule has 0 radical (unpaired) electrons. The maximum atomic E-state index is 12.2. The number of amides is 1. The second kappa shape index (κ2) is 7.04. The number of nitrogens with zero attached hydrogens (tertiary/aromatic N) is 2. The van der Waals surface area contributed by atoms with Gasteiger partial charge in [-0.2, -0.15) is 0 Å². The lowest BCUT2D eigenvalue weighted by atomic mass is 10.0. The number of aryl methyl sites for hydroxylation is 1. The summed E-state index contributed by atoms with van der Waals surface area (Å²) in [7, 11) is 0. The van der Waals surface area contributed by atoms with Crippen LogP contribution < -0.4 is 5.32 Å². The molecule has 0 aliphatic heterocycles. The molecule has 0 bridgehead atoms. The molecule has 122 valence electrons. The molecule has 2 aromatic rings. The fourth-order valence-corrected chi connectivity index (χ4v) is 2.11. The number of aliphatic carboxylic acids is 1. The summed E-state index contributed by atoms with van der Waals surface area (Å²) in [6.07, 6.45) is 0.375. The first kappa shape index (κ1) is 16.7. The van der Waals surface area contributed by atoms with E-state index in [1.807, 2.05) is 13.8 Å². The van der Waals surface area contributed by atoms with Gasteiger partial charge in [0.2, 0.25) is 11.8 Å². The van der Waals surface area contributed by atoms with Crippen LogP contribution in [-0.2, 0) is 4.79 Å². The summed E-state index contributed by atoms with van der Waals surface area (Å²) in [4.78, 5) is 23.4. The summed E-state index contributed by atoms with van der Waals surface area (Å²) in [6.45, 7) is 5.51. The molecular weight excluding hydrogens is 298 g/mol. The highest BCUT2D eigenvalue weighted by Crippen LogP contribution is 2.18. The Morgan fingerprint density at radius 3 is 2.35 bits per heavy atom. The van der Waals surface area contributed by atoms with Crippen molar-refractivity contribution in [1.29, 1.82) is 0 Å². The average Bonchev–Trinajstić information content (AvgIpc) is 2.92. The monoisotopic (exact) mass is 317 g/mol. The lowest BCUT2D eigenvalue weighted by Crippen LogP contribution is -2.41.